The third-order valence-corrected chi connectivity index (χ3v) is 2.50. The van der Waals surface area contributed by atoms with Gasteiger partial charge in [-0.05, 0) is 31.9 Å². The average Bonchev–Trinajstić information content (AvgIpc) is 2.10. The van der Waals surface area contributed by atoms with Crippen molar-refractivity contribution in [1.82, 2.24) is 0 Å². The van der Waals surface area contributed by atoms with E-state index in [9.17, 15) is 9.90 Å². The quantitative estimate of drug-likeness (QED) is 0.794. The van der Waals surface area contributed by atoms with Gasteiger partial charge in [-0.1, -0.05) is 23.8 Å². The smallest absolute Gasteiger partial charge is 0.335 e. The lowest BCUT2D eigenvalue weighted by Gasteiger charge is -2.19. The zero-order valence-corrected chi connectivity index (χ0v) is 9.24. The zero-order valence-electron chi connectivity index (χ0n) is 9.24. The molecule has 1 aromatic carbocycles. The first-order chi connectivity index (χ1) is 6.83. The molecule has 2 N–H and O–H groups in total. The van der Waals surface area contributed by atoms with Crippen molar-refractivity contribution in [2.45, 2.75) is 32.8 Å². The molecular weight excluding hydrogens is 192 g/mol. The molecule has 3 heteroatoms. The number of carboxylic acids is 1. The van der Waals surface area contributed by atoms with E-state index in [1.807, 2.05) is 32.0 Å². The first-order valence-electron chi connectivity index (χ1n) is 4.85. The van der Waals surface area contributed by atoms with Crippen LogP contribution in [0, 0.1) is 13.8 Å². The maximum absolute atomic E-state index is 10.8. The number of rotatable bonds is 3. The molecule has 1 unspecified atom stereocenters. The van der Waals surface area contributed by atoms with Gasteiger partial charge in [0, 0.05) is 6.42 Å². The summed E-state index contributed by atoms with van der Waals surface area (Å²) in [7, 11) is 0. The molecule has 1 aromatic rings. The minimum absolute atomic E-state index is 0.135. The summed E-state index contributed by atoms with van der Waals surface area (Å²) in [4.78, 5) is 10.8. The minimum atomic E-state index is -1.70. The van der Waals surface area contributed by atoms with Crippen LogP contribution in [0.3, 0.4) is 0 Å². The molecule has 0 saturated carbocycles. The van der Waals surface area contributed by atoms with Crippen LogP contribution in [0.5, 0.6) is 0 Å². The lowest BCUT2D eigenvalue weighted by Crippen LogP contribution is -2.37. The standard InChI is InChI=1S/C12H16O3/c1-8-4-5-9(2)10(6-8)7-12(3,15)11(13)14/h4-6,15H,7H2,1-3H3,(H,13,14). The van der Waals surface area contributed by atoms with Crippen molar-refractivity contribution in [2.75, 3.05) is 0 Å². The number of carboxylic acid groups (broad SMARTS) is 1. The van der Waals surface area contributed by atoms with Crippen LogP contribution in [0.15, 0.2) is 18.2 Å². The predicted molar refractivity (Wildman–Crippen MR) is 57.9 cm³/mol. The molecule has 0 aliphatic heterocycles. The van der Waals surface area contributed by atoms with E-state index >= 15 is 0 Å². The van der Waals surface area contributed by atoms with Crippen molar-refractivity contribution in [2.24, 2.45) is 0 Å². The van der Waals surface area contributed by atoms with Crippen molar-refractivity contribution in [3.8, 4) is 0 Å². The maximum atomic E-state index is 10.8. The molecule has 1 atom stereocenters. The summed E-state index contributed by atoms with van der Waals surface area (Å²) in [5.41, 5.74) is 1.25. The summed E-state index contributed by atoms with van der Waals surface area (Å²) in [6.07, 6.45) is 0.135. The van der Waals surface area contributed by atoms with Gasteiger partial charge < -0.3 is 10.2 Å². The lowest BCUT2D eigenvalue weighted by atomic mass is 9.93. The Hall–Kier alpha value is -1.35. The van der Waals surface area contributed by atoms with Gasteiger partial charge >= 0.3 is 5.97 Å². The molecule has 0 bridgehead atoms. The fourth-order valence-electron chi connectivity index (χ4n) is 1.44. The van der Waals surface area contributed by atoms with Gasteiger partial charge in [-0.2, -0.15) is 0 Å². The highest BCUT2D eigenvalue weighted by Gasteiger charge is 2.30. The van der Waals surface area contributed by atoms with Gasteiger partial charge in [0.2, 0.25) is 0 Å². The van der Waals surface area contributed by atoms with Gasteiger partial charge in [0.05, 0.1) is 0 Å². The highest BCUT2D eigenvalue weighted by molar-refractivity contribution is 5.77. The fraction of sp³-hybridized carbons (Fsp3) is 0.417. The number of benzene rings is 1. The Morgan fingerprint density at radius 1 is 1.40 bits per heavy atom. The molecule has 3 nitrogen and oxygen atoms in total. The molecule has 1 rings (SSSR count). The van der Waals surface area contributed by atoms with E-state index in [0.717, 1.165) is 16.7 Å². The van der Waals surface area contributed by atoms with Crippen LogP contribution >= 0.6 is 0 Å². The average molecular weight is 208 g/mol. The zero-order chi connectivity index (χ0) is 11.6. The Labute approximate surface area is 89.4 Å². The van der Waals surface area contributed by atoms with Gasteiger partial charge in [0.1, 0.15) is 0 Å². The third kappa shape index (κ3) is 2.80. The molecule has 15 heavy (non-hydrogen) atoms. The second kappa shape index (κ2) is 4.03. The van der Waals surface area contributed by atoms with E-state index in [-0.39, 0.29) is 6.42 Å². The molecule has 82 valence electrons. The van der Waals surface area contributed by atoms with E-state index in [1.54, 1.807) is 0 Å². The van der Waals surface area contributed by atoms with E-state index < -0.39 is 11.6 Å². The number of hydrogen-bond acceptors (Lipinski definition) is 2. The fourth-order valence-corrected chi connectivity index (χ4v) is 1.44. The van der Waals surface area contributed by atoms with Crippen LogP contribution in [0.4, 0.5) is 0 Å². The number of aliphatic hydroxyl groups is 1. The summed E-state index contributed by atoms with van der Waals surface area (Å²) in [6.45, 7) is 5.17. The molecule has 0 heterocycles. The number of aryl methyl sites for hydroxylation is 2. The van der Waals surface area contributed by atoms with Crippen LogP contribution in [-0.4, -0.2) is 21.8 Å². The van der Waals surface area contributed by atoms with Gasteiger partial charge in [-0.3, -0.25) is 0 Å². The van der Waals surface area contributed by atoms with Gasteiger partial charge in [0.25, 0.3) is 0 Å². The summed E-state index contributed by atoms with van der Waals surface area (Å²) in [6, 6.07) is 5.81. The molecular formula is C12H16O3. The van der Waals surface area contributed by atoms with Crippen molar-refractivity contribution in [1.29, 1.82) is 0 Å². The van der Waals surface area contributed by atoms with Gasteiger partial charge in [-0.15, -0.1) is 0 Å². The molecule has 0 radical (unpaired) electrons. The predicted octanol–water partition coefficient (Wildman–Crippen LogP) is 1.68. The number of aliphatic carboxylic acids is 1. The van der Waals surface area contributed by atoms with E-state index in [2.05, 4.69) is 0 Å². The second-order valence-corrected chi connectivity index (χ2v) is 4.19. The molecule has 0 saturated heterocycles. The first kappa shape index (κ1) is 11.7. The lowest BCUT2D eigenvalue weighted by molar-refractivity contribution is -0.156. The molecule has 0 aliphatic rings. The summed E-state index contributed by atoms with van der Waals surface area (Å²) < 4.78 is 0. The Bertz CT molecular complexity index is 380. The maximum Gasteiger partial charge on any atom is 0.335 e. The SMILES string of the molecule is Cc1ccc(C)c(CC(C)(O)C(=O)O)c1. The molecule has 0 aliphatic carbocycles. The molecule has 0 fully saturated rings. The van der Waals surface area contributed by atoms with Crippen LogP contribution < -0.4 is 0 Å². The van der Waals surface area contributed by atoms with Crippen molar-refractivity contribution in [3.63, 3.8) is 0 Å². The van der Waals surface area contributed by atoms with Crippen molar-refractivity contribution < 1.29 is 15.0 Å². The Morgan fingerprint density at radius 3 is 2.53 bits per heavy atom. The van der Waals surface area contributed by atoms with Crippen LogP contribution in [0.25, 0.3) is 0 Å². The first-order valence-corrected chi connectivity index (χ1v) is 4.85. The third-order valence-electron chi connectivity index (χ3n) is 2.50. The topological polar surface area (TPSA) is 57.5 Å². The summed E-state index contributed by atoms with van der Waals surface area (Å²) in [5, 5.41) is 18.5. The monoisotopic (exact) mass is 208 g/mol. The van der Waals surface area contributed by atoms with Gasteiger partial charge in [0.15, 0.2) is 5.60 Å². The molecule has 0 amide bonds. The van der Waals surface area contributed by atoms with Crippen LogP contribution in [0.1, 0.15) is 23.6 Å². The summed E-state index contributed by atoms with van der Waals surface area (Å²) >= 11 is 0. The van der Waals surface area contributed by atoms with E-state index in [0.29, 0.717) is 0 Å². The highest BCUT2D eigenvalue weighted by Crippen LogP contribution is 2.18. The van der Waals surface area contributed by atoms with E-state index in [4.69, 9.17) is 5.11 Å². The molecule has 0 aromatic heterocycles. The number of hydrogen-bond donors (Lipinski definition) is 2. The Kier molecular flexibility index (Phi) is 3.15. The van der Waals surface area contributed by atoms with Crippen molar-refractivity contribution in [3.05, 3.63) is 34.9 Å². The van der Waals surface area contributed by atoms with Crippen LogP contribution in [-0.2, 0) is 11.2 Å². The van der Waals surface area contributed by atoms with Gasteiger partial charge in [-0.25, -0.2) is 4.79 Å². The van der Waals surface area contributed by atoms with E-state index in [1.165, 1.54) is 6.92 Å². The normalized spacial score (nSPS) is 14.7. The Morgan fingerprint density at radius 2 is 2.00 bits per heavy atom. The highest BCUT2D eigenvalue weighted by atomic mass is 16.4. The van der Waals surface area contributed by atoms with Crippen molar-refractivity contribution >= 4 is 5.97 Å². The van der Waals surface area contributed by atoms with Crippen LogP contribution in [0.2, 0.25) is 0 Å². The molecule has 0 spiro atoms. The summed E-state index contributed by atoms with van der Waals surface area (Å²) in [5.74, 6) is -1.19. The Balaban J connectivity index is 2.99. The largest absolute Gasteiger partial charge is 0.479 e. The number of carbonyl (C=O) groups is 1. The minimum Gasteiger partial charge on any atom is -0.479 e. The second-order valence-electron chi connectivity index (χ2n) is 4.19.